The van der Waals surface area contributed by atoms with E-state index < -0.39 is 22.4 Å². The van der Waals surface area contributed by atoms with Crippen molar-refractivity contribution in [1.82, 2.24) is 0 Å². The van der Waals surface area contributed by atoms with Crippen LogP contribution in [0.4, 0.5) is 24.5 Å². The molecule has 0 aliphatic carbocycles. The summed E-state index contributed by atoms with van der Waals surface area (Å²) in [5.74, 6) is 0.815. The Bertz CT molecular complexity index is 1240. The maximum atomic E-state index is 12.8. The minimum absolute atomic E-state index is 0.197. The van der Waals surface area contributed by atoms with Gasteiger partial charge in [-0.2, -0.15) is 18.3 Å². The molecule has 7 nitrogen and oxygen atoms in total. The second-order valence-corrected chi connectivity index (χ2v) is 8.02. The molecule has 12 heteroatoms. The molecule has 1 N–H and O–H groups in total. The van der Waals surface area contributed by atoms with Gasteiger partial charge < -0.3 is 9.47 Å². The summed E-state index contributed by atoms with van der Waals surface area (Å²) in [5.41, 5.74) is 1.63. The fraction of sp³-hybridized carbons (Fsp3) is 0.136. The zero-order chi connectivity index (χ0) is 24.9. The van der Waals surface area contributed by atoms with Crippen molar-refractivity contribution in [2.24, 2.45) is 5.10 Å². The predicted molar refractivity (Wildman–Crippen MR) is 126 cm³/mol. The van der Waals surface area contributed by atoms with Gasteiger partial charge in [-0.15, -0.1) is 0 Å². The van der Waals surface area contributed by atoms with Crippen molar-refractivity contribution >= 4 is 45.1 Å². The fourth-order valence-corrected chi connectivity index (χ4v) is 3.43. The second-order valence-electron chi connectivity index (χ2n) is 6.76. The SMILES string of the molecule is COc1cc(/C=N\Nc2ccc(C(F)(F)F)cc2[N+](=O)[O-])c(Br)cc1OCc1ccccc1Cl. The lowest BCUT2D eigenvalue weighted by Crippen LogP contribution is -2.06. The minimum Gasteiger partial charge on any atom is -0.493 e. The van der Waals surface area contributed by atoms with E-state index in [1.165, 1.54) is 13.3 Å². The average Bonchev–Trinajstić information content (AvgIpc) is 2.79. The van der Waals surface area contributed by atoms with Crippen LogP contribution in [-0.4, -0.2) is 18.2 Å². The zero-order valence-electron chi connectivity index (χ0n) is 17.4. The largest absolute Gasteiger partial charge is 0.493 e. The van der Waals surface area contributed by atoms with Gasteiger partial charge in [-0.3, -0.25) is 15.5 Å². The number of anilines is 1. The molecule has 0 unspecified atom stereocenters. The highest BCUT2D eigenvalue weighted by atomic mass is 79.9. The Morgan fingerprint density at radius 3 is 2.56 bits per heavy atom. The van der Waals surface area contributed by atoms with Crippen LogP contribution in [0.1, 0.15) is 16.7 Å². The molecule has 3 rings (SSSR count). The number of ether oxygens (including phenoxy) is 2. The number of nitro benzene ring substituents is 1. The Morgan fingerprint density at radius 1 is 1.18 bits per heavy atom. The molecule has 0 bridgehead atoms. The van der Waals surface area contributed by atoms with Crippen LogP contribution in [0.25, 0.3) is 0 Å². The quantitative estimate of drug-likeness (QED) is 0.182. The number of rotatable bonds is 8. The topological polar surface area (TPSA) is 86.0 Å². The first-order chi connectivity index (χ1) is 16.1. The van der Waals surface area contributed by atoms with E-state index in [0.717, 1.165) is 17.7 Å². The van der Waals surface area contributed by atoms with E-state index >= 15 is 0 Å². The van der Waals surface area contributed by atoms with Crippen LogP contribution < -0.4 is 14.9 Å². The average molecular weight is 559 g/mol. The van der Waals surface area contributed by atoms with Crippen molar-refractivity contribution in [3.05, 3.63) is 90.9 Å². The lowest BCUT2D eigenvalue weighted by molar-refractivity contribution is -0.384. The smallest absolute Gasteiger partial charge is 0.416 e. The molecular weight excluding hydrogens is 543 g/mol. The zero-order valence-corrected chi connectivity index (χ0v) is 19.7. The highest BCUT2D eigenvalue weighted by Crippen LogP contribution is 2.36. The normalized spacial score (nSPS) is 11.5. The number of alkyl halides is 3. The summed E-state index contributed by atoms with van der Waals surface area (Å²) < 4.78 is 50.3. The summed E-state index contributed by atoms with van der Waals surface area (Å²) in [7, 11) is 1.45. The summed E-state index contributed by atoms with van der Waals surface area (Å²) in [6.45, 7) is 0.203. The maximum absolute atomic E-state index is 12.8. The van der Waals surface area contributed by atoms with Crippen molar-refractivity contribution in [2.75, 3.05) is 12.5 Å². The van der Waals surface area contributed by atoms with Gasteiger partial charge in [0.05, 0.1) is 23.8 Å². The summed E-state index contributed by atoms with van der Waals surface area (Å²) >= 11 is 9.54. The number of nitrogens with zero attached hydrogens (tertiary/aromatic N) is 2. The van der Waals surface area contributed by atoms with E-state index in [1.54, 1.807) is 18.2 Å². The molecule has 178 valence electrons. The Kier molecular flexibility index (Phi) is 8.00. The Labute approximate surface area is 205 Å². The molecule has 0 fully saturated rings. The number of nitrogens with one attached hydrogen (secondary N) is 1. The molecule has 0 saturated heterocycles. The number of halogens is 5. The van der Waals surface area contributed by atoms with Crippen LogP contribution in [0.5, 0.6) is 11.5 Å². The molecule has 3 aromatic carbocycles. The van der Waals surface area contributed by atoms with E-state index in [0.29, 0.717) is 32.6 Å². The highest BCUT2D eigenvalue weighted by Gasteiger charge is 2.33. The molecule has 0 heterocycles. The fourth-order valence-electron chi connectivity index (χ4n) is 2.82. The number of hydrazone groups is 1. The van der Waals surface area contributed by atoms with E-state index in [4.69, 9.17) is 21.1 Å². The van der Waals surface area contributed by atoms with Crippen molar-refractivity contribution < 1.29 is 27.6 Å². The second kappa shape index (κ2) is 10.7. The first-order valence-electron chi connectivity index (χ1n) is 9.48. The van der Waals surface area contributed by atoms with Gasteiger partial charge in [0.2, 0.25) is 0 Å². The van der Waals surface area contributed by atoms with Gasteiger partial charge in [-0.05, 0) is 46.3 Å². The highest BCUT2D eigenvalue weighted by molar-refractivity contribution is 9.10. The number of methoxy groups -OCH3 is 1. The molecule has 0 spiro atoms. The Hall–Kier alpha value is -3.31. The lowest BCUT2D eigenvalue weighted by atomic mass is 10.1. The van der Waals surface area contributed by atoms with Crippen LogP contribution in [0.15, 0.2) is 64.2 Å². The molecule has 3 aromatic rings. The van der Waals surface area contributed by atoms with E-state index in [2.05, 4.69) is 26.5 Å². The third-order valence-electron chi connectivity index (χ3n) is 4.53. The third kappa shape index (κ3) is 6.17. The molecule has 0 aromatic heterocycles. The summed E-state index contributed by atoms with van der Waals surface area (Å²) in [4.78, 5) is 10.3. The molecule has 34 heavy (non-hydrogen) atoms. The van der Waals surface area contributed by atoms with Crippen LogP contribution in [0.3, 0.4) is 0 Å². The first kappa shape index (κ1) is 25.3. The van der Waals surface area contributed by atoms with E-state index in [9.17, 15) is 23.3 Å². The molecular formula is C22H16BrClF3N3O4. The molecule has 0 amide bonds. The van der Waals surface area contributed by atoms with Gasteiger partial charge in [-0.25, -0.2) is 0 Å². The molecule has 0 saturated carbocycles. The van der Waals surface area contributed by atoms with Gasteiger partial charge in [0.15, 0.2) is 11.5 Å². The summed E-state index contributed by atoms with van der Waals surface area (Å²) in [6.07, 6.45) is -3.38. The molecule has 0 aliphatic rings. The predicted octanol–water partition coefficient (Wildman–Crippen LogP) is 7.06. The van der Waals surface area contributed by atoms with Crippen LogP contribution in [0.2, 0.25) is 5.02 Å². The number of hydrogen-bond acceptors (Lipinski definition) is 6. The van der Waals surface area contributed by atoms with E-state index in [-0.39, 0.29) is 12.3 Å². The van der Waals surface area contributed by atoms with Gasteiger partial charge in [0, 0.05) is 26.7 Å². The lowest BCUT2D eigenvalue weighted by Gasteiger charge is -2.13. The van der Waals surface area contributed by atoms with Gasteiger partial charge in [0.25, 0.3) is 5.69 Å². The Balaban J connectivity index is 1.79. The van der Waals surface area contributed by atoms with Crippen molar-refractivity contribution in [1.29, 1.82) is 0 Å². The van der Waals surface area contributed by atoms with Crippen LogP contribution in [0, 0.1) is 10.1 Å². The number of benzene rings is 3. The van der Waals surface area contributed by atoms with Gasteiger partial charge in [-0.1, -0.05) is 29.8 Å². The number of nitro groups is 1. The van der Waals surface area contributed by atoms with Crippen molar-refractivity contribution in [3.8, 4) is 11.5 Å². The van der Waals surface area contributed by atoms with Crippen LogP contribution in [-0.2, 0) is 12.8 Å². The maximum Gasteiger partial charge on any atom is 0.416 e. The molecule has 0 radical (unpaired) electrons. The van der Waals surface area contributed by atoms with Crippen LogP contribution >= 0.6 is 27.5 Å². The van der Waals surface area contributed by atoms with Gasteiger partial charge in [0.1, 0.15) is 12.3 Å². The number of hydrogen-bond donors (Lipinski definition) is 1. The summed E-state index contributed by atoms with van der Waals surface area (Å²) in [5, 5.41) is 15.7. The van der Waals surface area contributed by atoms with Gasteiger partial charge >= 0.3 is 6.18 Å². The van der Waals surface area contributed by atoms with Crippen molar-refractivity contribution in [2.45, 2.75) is 12.8 Å². The standard InChI is InChI=1S/C22H16BrClF3N3O4/c1-33-20-8-14(16(23)10-21(20)34-12-13-4-2-3-5-17(13)24)11-28-29-18-7-6-15(22(25,26)27)9-19(18)30(31)32/h2-11,29H,12H2,1H3/b28-11-. The van der Waals surface area contributed by atoms with Crippen molar-refractivity contribution in [3.63, 3.8) is 0 Å². The Morgan fingerprint density at radius 2 is 1.91 bits per heavy atom. The third-order valence-corrected chi connectivity index (χ3v) is 5.59. The minimum atomic E-state index is -4.70. The molecule has 0 aliphatic heterocycles. The molecule has 0 atom stereocenters. The monoisotopic (exact) mass is 557 g/mol. The first-order valence-corrected chi connectivity index (χ1v) is 10.7. The van der Waals surface area contributed by atoms with E-state index in [1.807, 2.05) is 18.2 Å². The summed E-state index contributed by atoms with van der Waals surface area (Å²) in [6, 6.07) is 12.6.